The highest BCUT2D eigenvalue weighted by Gasteiger charge is 2.47. The number of hydrogen-bond donors (Lipinski definition) is 0. The molecule has 0 saturated carbocycles. The maximum atomic E-state index is 6.56. The van der Waals surface area contributed by atoms with Crippen LogP contribution in [0.2, 0.25) is 10.0 Å². The molecule has 0 fully saturated rings. The number of nitrogens with zero attached hydrogens (tertiary/aromatic N) is 2. The third-order valence-electron chi connectivity index (χ3n) is 8.62. The van der Waals surface area contributed by atoms with Crippen molar-refractivity contribution in [1.29, 1.82) is 0 Å². The Morgan fingerprint density at radius 3 is 1.39 bits per heavy atom. The lowest BCUT2D eigenvalue weighted by atomic mass is 9.67. The predicted octanol–water partition coefficient (Wildman–Crippen LogP) is 11.6. The second-order valence-electron chi connectivity index (χ2n) is 10.9. The molecule has 41 heavy (non-hydrogen) atoms. The molecule has 200 valence electrons. The van der Waals surface area contributed by atoms with Crippen LogP contribution in [0, 0.1) is 0 Å². The molecular weight excluding hydrogens is 679 g/mol. The van der Waals surface area contributed by atoms with E-state index in [0.717, 1.165) is 39.6 Å². The van der Waals surface area contributed by atoms with Gasteiger partial charge in [-0.2, -0.15) is 0 Å². The quantitative estimate of drug-likeness (QED) is 0.168. The van der Waals surface area contributed by atoms with Gasteiger partial charge in [0, 0.05) is 32.7 Å². The second kappa shape index (κ2) is 9.91. The molecule has 6 heteroatoms. The summed E-state index contributed by atoms with van der Waals surface area (Å²) in [6, 6.07) is 33.3. The van der Waals surface area contributed by atoms with Crippen molar-refractivity contribution in [3.63, 3.8) is 0 Å². The van der Waals surface area contributed by atoms with Crippen LogP contribution in [0.3, 0.4) is 0 Å². The Morgan fingerprint density at radius 2 is 0.976 bits per heavy atom. The molecule has 0 amide bonds. The molecule has 2 aromatic heterocycles. The van der Waals surface area contributed by atoms with Gasteiger partial charge in [-0.3, -0.25) is 9.97 Å². The van der Waals surface area contributed by atoms with Gasteiger partial charge in [0.25, 0.3) is 0 Å². The topological polar surface area (TPSA) is 25.8 Å². The molecule has 2 heterocycles. The van der Waals surface area contributed by atoms with Crippen molar-refractivity contribution in [2.75, 3.05) is 0 Å². The Kier molecular flexibility index (Phi) is 6.27. The van der Waals surface area contributed by atoms with Gasteiger partial charge in [0.1, 0.15) is 0 Å². The molecule has 2 nitrogen and oxygen atoms in total. The largest absolute Gasteiger partial charge is 0.252 e. The average molecular weight is 701 g/mol. The molecule has 0 saturated heterocycles. The van der Waals surface area contributed by atoms with Crippen molar-refractivity contribution in [2.24, 2.45) is 0 Å². The summed E-state index contributed by atoms with van der Waals surface area (Å²) in [7, 11) is 0. The Labute approximate surface area is 265 Å². The summed E-state index contributed by atoms with van der Waals surface area (Å²) in [5, 5.41) is 3.57. The summed E-state index contributed by atoms with van der Waals surface area (Å²) < 4.78 is 0. The number of fused-ring (bicyclic) bond motifs is 8. The number of alkyl halides is 2. The number of rotatable bonds is 2. The molecule has 4 unspecified atom stereocenters. The average Bonchev–Trinajstić information content (AvgIpc) is 3.00. The third kappa shape index (κ3) is 4.02. The van der Waals surface area contributed by atoms with E-state index in [4.69, 9.17) is 33.2 Å². The zero-order valence-corrected chi connectivity index (χ0v) is 26.3. The summed E-state index contributed by atoms with van der Waals surface area (Å²) in [6.07, 6.45) is 0.951. The molecule has 2 aliphatic rings. The lowest BCUT2D eigenvalue weighted by Crippen LogP contribution is -2.30. The van der Waals surface area contributed by atoms with Crippen LogP contribution < -0.4 is 0 Å². The predicted molar refractivity (Wildman–Crippen MR) is 178 cm³/mol. The van der Waals surface area contributed by atoms with Gasteiger partial charge in [-0.05, 0) is 76.2 Å². The maximum absolute atomic E-state index is 6.56. The zero-order chi connectivity index (χ0) is 27.8. The molecule has 8 rings (SSSR count). The highest BCUT2D eigenvalue weighted by molar-refractivity contribution is 9.09. The Bertz CT molecular complexity index is 1850. The Balaban J connectivity index is 1.45. The lowest BCUT2D eigenvalue weighted by Gasteiger charge is -2.44. The van der Waals surface area contributed by atoms with E-state index in [9.17, 15) is 0 Å². The standard InChI is InChI=1S/C35H22Br2Cl2N2/c36-32-24-17-25(34-30(32)28(18-7-3-1-4-8-18)22-15-20(38)11-13-26(22)40-34)33(37)31-29(19-9-5-2-6-10-19)23-16-21(39)12-14-27(23)41-35(24)31/h1-16,24-25,32-33H,17H2. The minimum Gasteiger partial charge on any atom is -0.252 e. The van der Waals surface area contributed by atoms with E-state index in [1.165, 1.54) is 33.4 Å². The SMILES string of the molecule is Clc1ccc2nc3c(c(-c4ccccc4)c2c1)C(Br)C1CC3C(Br)c2c1nc1ccc(Cl)cc1c2-c1ccccc1. The third-order valence-corrected chi connectivity index (χ3v) is 11.3. The van der Waals surface area contributed by atoms with Gasteiger partial charge in [-0.15, -0.1) is 0 Å². The van der Waals surface area contributed by atoms with E-state index in [-0.39, 0.29) is 21.5 Å². The van der Waals surface area contributed by atoms with Gasteiger partial charge in [-0.1, -0.05) is 116 Å². The van der Waals surface area contributed by atoms with Crippen LogP contribution in [0.1, 0.15) is 50.4 Å². The van der Waals surface area contributed by atoms with E-state index in [1.54, 1.807) is 0 Å². The fourth-order valence-corrected chi connectivity index (χ4v) is 9.11. The monoisotopic (exact) mass is 698 g/mol. The van der Waals surface area contributed by atoms with Crippen molar-refractivity contribution in [3.05, 3.63) is 130 Å². The zero-order valence-electron chi connectivity index (χ0n) is 21.7. The molecule has 0 radical (unpaired) electrons. The minimum absolute atomic E-state index is 0.0273. The number of aromatic nitrogens is 2. The first kappa shape index (κ1) is 25.9. The summed E-state index contributed by atoms with van der Waals surface area (Å²) >= 11 is 21.6. The normalized spacial score (nSPS) is 21.1. The first-order valence-electron chi connectivity index (χ1n) is 13.6. The van der Waals surface area contributed by atoms with E-state index >= 15 is 0 Å². The summed E-state index contributed by atoms with van der Waals surface area (Å²) in [5.74, 6) is 0.333. The van der Waals surface area contributed by atoms with Crippen LogP contribution in [0.5, 0.6) is 0 Å². The lowest BCUT2D eigenvalue weighted by molar-refractivity contribution is 0.437. The van der Waals surface area contributed by atoms with E-state index in [1.807, 2.05) is 24.3 Å². The smallest absolute Gasteiger partial charge is 0.0712 e. The molecule has 4 atom stereocenters. The second-order valence-corrected chi connectivity index (χ2v) is 13.7. The van der Waals surface area contributed by atoms with Crippen LogP contribution in [0.15, 0.2) is 97.1 Å². The Morgan fingerprint density at radius 1 is 0.561 bits per heavy atom. The molecule has 6 aromatic rings. The number of halogens is 4. The van der Waals surface area contributed by atoms with Gasteiger partial charge in [0.15, 0.2) is 0 Å². The van der Waals surface area contributed by atoms with Crippen LogP contribution in [-0.2, 0) is 0 Å². The molecule has 0 aliphatic heterocycles. The van der Waals surface area contributed by atoms with Crippen molar-refractivity contribution in [2.45, 2.75) is 27.9 Å². The van der Waals surface area contributed by atoms with Gasteiger partial charge >= 0.3 is 0 Å². The summed E-state index contributed by atoms with van der Waals surface area (Å²) in [4.78, 5) is 10.8. The molecular formula is C35H22Br2Cl2N2. The highest BCUT2D eigenvalue weighted by Crippen LogP contribution is 2.63. The van der Waals surface area contributed by atoms with Gasteiger partial charge in [0.2, 0.25) is 0 Å². The van der Waals surface area contributed by atoms with Crippen LogP contribution in [-0.4, -0.2) is 9.97 Å². The fraction of sp³-hybridized carbons (Fsp3) is 0.143. The molecule has 4 aromatic carbocycles. The summed E-state index contributed by atoms with van der Waals surface area (Å²) in [6.45, 7) is 0. The number of hydrogen-bond acceptors (Lipinski definition) is 2. The molecule has 2 bridgehead atoms. The van der Waals surface area contributed by atoms with Crippen LogP contribution in [0.4, 0.5) is 0 Å². The number of benzene rings is 4. The van der Waals surface area contributed by atoms with E-state index in [2.05, 4.69) is 105 Å². The first-order chi connectivity index (χ1) is 20.0. The molecule has 2 aliphatic carbocycles. The minimum atomic E-state index is 0.0273. The Hall–Kier alpha value is -2.76. The van der Waals surface area contributed by atoms with Gasteiger partial charge in [0.05, 0.1) is 32.1 Å². The summed E-state index contributed by atoms with van der Waals surface area (Å²) in [5.41, 5.74) is 11.4. The van der Waals surface area contributed by atoms with Crippen LogP contribution in [0.25, 0.3) is 44.1 Å². The van der Waals surface area contributed by atoms with Crippen molar-refractivity contribution in [3.8, 4) is 22.3 Å². The molecule has 0 spiro atoms. The maximum Gasteiger partial charge on any atom is 0.0712 e. The highest BCUT2D eigenvalue weighted by atomic mass is 79.9. The van der Waals surface area contributed by atoms with Crippen molar-refractivity contribution < 1.29 is 0 Å². The number of pyridine rings is 2. The first-order valence-corrected chi connectivity index (χ1v) is 16.2. The fourth-order valence-electron chi connectivity index (χ4n) is 6.91. The molecule has 0 N–H and O–H groups in total. The van der Waals surface area contributed by atoms with E-state index in [0.29, 0.717) is 10.0 Å². The van der Waals surface area contributed by atoms with E-state index < -0.39 is 0 Å². The van der Waals surface area contributed by atoms with Gasteiger partial charge < -0.3 is 0 Å². The van der Waals surface area contributed by atoms with Gasteiger partial charge in [-0.25, -0.2) is 0 Å². The van der Waals surface area contributed by atoms with Crippen molar-refractivity contribution in [1.82, 2.24) is 9.97 Å². The van der Waals surface area contributed by atoms with Crippen molar-refractivity contribution >= 4 is 76.9 Å². The van der Waals surface area contributed by atoms with Crippen LogP contribution >= 0.6 is 55.1 Å².